The van der Waals surface area contributed by atoms with Crippen molar-refractivity contribution in [3.8, 4) is 0 Å². The Hall–Kier alpha value is -3.30. The van der Waals surface area contributed by atoms with Crippen LogP contribution in [0.3, 0.4) is 0 Å². The summed E-state index contributed by atoms with van der Waals surface area (Å²) >= 11 is 0. The maximum absolute atomic E-state index is 8.49. The molecule has 7 rings (SSSR count). The third-order valence-electron chi connectivity index (χ3n) is 8.08. The molecule has 54 heavy (non-hydrogen) atoms. The predicted octanol–water partition coefficient (Wildman–Crippen LogP) is 4.33. The summed E-state index contributed by atoms with van der Waals surface area (Å²) in [6.45, 7) is 0. The van der Waals surface area contributed by atoms with E-state index in [1.807, 2.05) is 0 Å². The first-order chi connectivity index (χ1) is 25.9. The molecule has 4 nitrogen and oxygen atoms in total. The zero-order valence-corrected chi connectivity index (χ0v) is 35.1. The van der Waals surface area contributed by atoms with Crippen LogP contribution in [0.4, 0.5) is 0 Å². The van der Waals surface area contributed by atoms with Gasteiger partial charge in [0.15, 0.2) is 0 Å². The molecule has 0 bridgehead atoms. The van der Waals surface area contributed by atoms with Crippen molar-refractivity contribution >= 4 is 60.9 Å². The molecule has 9 heteroatoms. The number of rotatable bonds is 11. The minimum absolute atomic E-state index is 0. The first-order valence-corrected chi connectivity index (χ1v) is 22.8. The van der Waals surface area contributed by atoms with E-state index < -0.39 is 18.2 Å². The smallest absolute Gasteiger partial charge is 0.222 e. The Bertz CT molecular complexity index is 1730. The van der Waals surface area contributed by atoms with Crippen LogP contribution in [0.5, 0.6) is 0 Å². The third-order valence-corrected chi connectivity index (χ3v) is 15.7. The summed E-state index contributed by atoms with van der Waals surface area (Å²) in [5.41, 5.74) is 0. The van der Waals surface area contributed by atoms with Crippen molar-refractivity contribution in [2.75, 3.05) is 12.3 Å². The fourth-order valence-electron chi connectivity index (χ4n) is 5.81. The van der Waals surface area contributed by atoms with Crippen LogP contribution in [0, 0.1) is 10.2 Å². The van der Waals surface area contributed by atoms with Gasteiger partial charge < -0.3 is 0 Å². The average Bonchev–Trinajstić information content (AvgIpc) is 3.20. The molecule has 0 atom stereocenters. The zero-order valence-electron chi connectivity index (χ0n) is 29.5. The molecule has 0 radical (unpaired) electrons. The minimum Gasteiger partial charge on any atom is -0.222 e. The minimum atomic E-state index is -4.94. The van der Waals surface area contributed by atoms with E-state index in [1.54, 1.807) is 0 Å². The molecule has 7 aromatic rings. The summed E-state index contributed by atoms with van der Waals surface area (Å²) in [6, 6.07) is 76.6. The van der Waals surface area contributed by atoms with Crippen molar-refractivity contribution in [2.24, 2.45) is 0 Å². The number of hydrogen-bond acceptors (Lipinski definition) is 4. The van der Waals surface area contributed by atoms with Crippen LogP contribution < -0.4 is 55.8 Å². The summed E-state index contributed by atoms with van der Waals surface area (Å²) < 4.78 is 34.0. The van der Waals surface area contributed by atoms with Gasteiger partial charge >= 0.3 is 22.4 Å². The molecule has 0 fully saturated rings. The molecule has 0 N–H and O–H groups in total. The van der Waals surface area contributed by atoms with Crippen molar-refractivity contribution < 1.29 is 51.3 Å². The molecule has 0 amide bonds. The summed E-state index contributed by atoms with van der Waals surface area (Å²) in [4.78, 5) is 0. The Morgan fingerprint density at radius 3 is 0.648 bits per heavy atom. The van der Waals surface area contributed by atoms with E-state index in [2.05, 4.69) is 212 Å². The molecular formula is C45H41AuClO4P3. The largest absolute Gasteiger partial charge is 1.00 e. The Morgan fingerprint density at radius 1 is 0.296 bits per heavy atom. The van der Waals surface area contributed by atoms with Crippen LogP contribution in [0.1, 0.15) is 6.42 Å². The molecule has 0 unspecified atom stereocenters. The maximum atomic E-state index is 8.49. The average molecular weight is 971 g/mol. The van der Waals surface area contributed by atoms with Crippen molar-refractivity contribution in [2.45, 2.75) is 6.42 Å². The summed E-state index contributed by atoms with van der Waals surface area (Å²) in [5.74, 6) is 0. The first kappa shape index (κ1) is 43.4. The van der Waals surface area contributed by atoms with Gasteiger partial charge in [0.2, 0.25) is 0 Å². The molecule has 0 saturated carbocycles. The maximum Gasteiger partial charge on any atom is 1.00 e. The second kappa shape index (κ2) is 23.6. The molecule has 0 aliphatic carbocycles. The van der Waals surface area contributed by atoms with Gasteiger partial charge in [-0.2, -0.15) is 0 Å². The summed E-state index contributed by atoms with van der Waals surface area (Å²) in [5, 5.41) is 10.1. The fraction of sp³-hybridized carbons (Fsp3) is 0.0667. The van der Waals surface area contributed by atoms with Gasteiger partial charge in [-0.3, -0.25) is 0 Å². The molecule has 0 aliphatic heterocycles. The molecular weight excluding hydrogens is 930 g/mol. The molecule has 278 valence electrons. The van der Waals surface area contributed by atoms with Gasteiger partial charge in [0, 0.05) is 0 Å². The molecule has 0 spiro atoms. The standard InChI is InChI=1S/C27H26P2.C18H15P.Au.ClHO4/c1-5-14-24(15-6-1)28(25-16-7-2-8-17-25)22-13-23-29(26-18-9-3-10-19-26)27-20-11-4-12-21-27;1-4-10-16(11-5-1)19(17-12-6-2-7-13-17)18-14-8-3-9-15-18;;2-1(3,4)5/h1-12,14-21H,13,22-23H2;1-15H;;(H,2,3,4,5)/q;;+1;/p-1. The van der Waals surface area contributed by atoms with E-state index in [4.69, 9.17) is 18.6 Å². The Balaban J connectivity index is 0.000000224. The van der Waals surface area contributed by atoms with Crippen LogP contribution in [-0.2, 0) is 22.4 Å². The van der Waals surface area contributed by atoms with E-state index in [1.165, 1.54) is 55.9 Å². The van der Waals surface area contributed by atoms with Crippen LogP contribution in [-0.4, -0.2) is 12.3 Å². The van der Waals surface area contributed by atoms with Gasteiger partial charge in [-0.15, -0.1) is 10.2 Å². The second-order valence-electron chi connectivity index (χ2n) is 11.7. The van der Waals surface area contributed by atoms with Gasteiger partial charge in [0.25, 0.3) is 0 Å². The normalized spacial score (nSPS) is 10.8. The fourth-order valence-corrected chi connectivity index (χ4v) is 13.1. The number of benzene rings is 7. The van der Waals surface area contributed by atoms with Crippen LogP contribution >= 0.6 is 23.8 Å². The molecule has 0 aliphatic rings. The van der Waals surface area contributed by atoms with E-state index in [-0.39, 0.29) is 38.2 Å². The molecule has 0 heterocycles. The molecule has 0 saturated heterocycles. The van der Waals surface area contributed by atoms with Crippen molar-refractivity contribution in [3.63, 3.8) is 0 Å². The van der Waals surface area contributed by atoms with Crippen LogP contribution in [0.15, 0.2) is 212 Å². The van der Waals surface area contributed by atoms with Gasteiger partial charge in [-0.25, -0.2) is 18.6 Å². The van der Waals surface area contributed by atoms with Crippen molar-refractivity contribution in [1.82, 2.24) is 0 Å². The van der Waals surface area contributed by atoms with Crippen molar-refractivity contribution in [1.29, 1.82) is 0 Å². The van der Waals surface area contributed by atoms with E-state index in [0.717, 1.165) is 0 Å². The van der Waals surface area contributed by atoms with Gasteiger partial charge in [0.05, 0.1) is 0 Å². The van der Waals surface area contributed by atoms with Crippen LogP contribution in [0.25, 0.3) is 0 Å². The quantitative estimate of drug-likeness (QED) is 0.143. The van der Waals surface area contributed by atoms with E-state index >= 15 is 0 Å². The number of halogens is 1. The Morgan fingerprint density at radius 2 is 0.463 bits per heavy atom. The third kappa shape index (κ3) is 14.7. The molecule has 7 aromatic carbocycles. The van der Waals surface area contributed by atoms with E-state index in [0.29, 0.717) is 0 Å². The van der Waals surface area contributed by atoms with Crippen LogP contribution in [0.2, 0.25) is 0 Å². The second-order valence-corrected chi connectivity index (χ2v) is 19.4. The summed E-state index contributed by atoms with van der Waals surface area (Å²) in [6.07, 6.45) is 3.72. The monoisotopic (exact) mass is 970 g/mol. The van der Waals surface area contributed by atoms with Crippen molar-refractivity contribution in [3.05, 3.63) is 212 Å². The zero-order chi connectivity index (χ0) is 37.1. The van der Waals surface area contributed by atoms with E-state index in [9.17, 15) is 0 Å². The Labute approximate surface area is 341 Å². The predicted molar refractivity (Wildman–Crippen MR) is 218 cm³/mol. The SMILES string of the molecule is [Au+].[O-][Cl+3]([O-])([O-])[O-].c1ccc(P(CCCP(c2ccccc2)c2ccccc2)c2ccccc2)cc1.c1ccc(P(c2ccccc2)c2ccccc2)cc1. The van der Waals surface area contributed by atoms with Gasteiger partial charge in [0.1, 0.15) is 0 Å². The topological polar surface area (TPSA) is 92.2 Å². The van der Waals surface area contributed by atoms with Gasteiger partial charge in [-0.05, 0) is 79.6 Å². The summed E-state index contributed by atoms with van der Waals surface area (Å²) in [7, 11) is -6.01. The molecule has 0 aromatic heterocycles. The van der Waals surface area contributed by atoms with Gasteiger partial charge in [-0.1, -0.05) is 212 Å². The number of hydrogen-bond donors (Lipinski definition) is 0. The Kier molecular flexibility index (Phi) is 19.0. The first-order valence-electron chi connectivity index (χ1n) is 17.2.